The van der Waals surface area contributed by atoms with Gasteiger partial charge in [-0.3, -0.25) is 4.79 Å². The normalized spacial score (nSPS) is 15.3. The lowest BCUT2D eigenvalue weighted by atomic mass is 10.1. The van der Waals surface area contributed by atoms with E-state index >= 15 is 0 Å². The molecule has 0 saturated heterocycles. The van der Waals surface area contributed by atoms with E-state index in [1.54, 1.807) is 17.8 Å². The van der Waals surface area contributed by atoms with Crippen LogP contribution in [0.1, 0.15) is 31.0 Å². The maximum atomic E-state index is 14.0. The first-order chi connectivity index (χ1) is 15.4. The zero-order valence-electron chi connectivity index (χ0n) is 18.2. The highest BCUT2D eigenvalue weighted by Crippen LogP contribution is 2.39. The van der Waals surface area contributed by atoms with Crippen LogP contribution in [-0.4, -0.2) is 20.7 Å². The van der Waals surface area contributed by atoms with Crippen LogP contribution in [0.15, 0.2) is 65.6 Å². The molecule has 2 heterocycles. The minimum atomic E-state index is -0.290. The molecule has 0 fully saturated rings. The van der Waals surface area contributed by atoms with Crippen molar-refractivity contribution < 1.29 is 9.18 Å². The number of nitrogens with zero attached hydrogens (tertiary/aromatic N) is 2. The number of anilines is 1. The molecule has 0 aliphatic carbocycles. The maximum absolute atomic E-state index is 14.0. The molecule has 32 heavy (non-hydrogen) atoms. The van der Waals surface area contributed by atoms with Gasteiger partial charge in [0, 0.05) is 16.5 Å². The highest BCUT2D eigenvalue weighted by Gasteiger charge is 2.29. The fourth-order valence-corrected chi connectivity index (χ4v) is 5.53. The zero-order valence-corrected chi connectivity index (χ0v) is 19.0. The van der Waals surface area contributed by atoms with Gasteiger partial charge in [-0.1, -0.05) is 30.3 Å². The van der Waals surface area contributed by atoms with E-state index in [9.17, 15) is 9.18 Å². The third-order valence-electron chi connectivity index (χ3n) is 5.87. The number of nitrogens with one attached hydrogen (secondary N) is 1. The summed E-state index contributed by atoms with van der Waals surface area (Å²) in [6, 6.07) is 18.8. The van der Waals surface area contributed by atoms with Gasteiger partial charge in [-0.05, 0) is 68.7 Å². The Morgan fingerprint density at radius 3 is 2.75 bits per heavy atom. The van der Waals surface area contributed by atoms with Gasteiger partial charge in [-0.2, -0.15) is 0 Å². The van der Waals surface area contributed by atoms with Gasteiger partial charge < -0.3 is 9.88 Å². The van der Waals surface area contributed by atoms with Gasteiger partial charge in [0.1, 0.15) is 11.6 Å². The molecule has 162 valence electrons. The molecule has 4 nitrogen and oxygen atoms in total. The van der Waals surface area contributed by atoms with E-state index in [4.69, 9.17) is 4.98 Å². The largest absolute Gasteiger partial charge is 0.324 e. The molecular weight excluding hydrogens is 421 g/mol. The monoisotopic (exact) mass is 445 g/mol. The van der Waals surface area contributed by atoms with Gasteiger partial charge in [-0.15, -0.1) is 11.8 Å². The standard InChI is InChI=1S/C26H24FN3OS/c1-15(2)30-21-14-18(27)11-12-20(21)28-25(30)19-9-6-7-16(3)24(19)29-26(31)23-13-17-8-4-5-10-22(17)32-23/h4-12,14-15,23H,13H2,1-3H3,(H,29,31). The van der Waals surface area contributed by atoms with Gasteiger partial charge in [0.25, 0.3) is 0 Å². The van der Waals surface area contributed by atoms with Gasteiger partial charge in [0.05, 0.1) is 22.0 Å². The molecule has 1 aliphatic heterocycles. The number of benzene rings is 3. The van der Waals surface area contributed by atoms with E-state index < -0.39 is 0 Å². The fourth-order valence-electron chi connectivity index (χ4n) is 4.33. The Morgan fingerprint density at radius 1 is 1.16 bits per heavy atom. The molecule has 1 N–H and O–H groups in total. The van der Waals surface area contributed by atoms with Crippen molar-refractivity contribution in [2.24, 2.45) is 0 Å². The highest BCUT2D eigenvalue weighted by atomic mass is 32.2. The average Bonchev–Trinajstić information content (AvgIpc) is 3.36. The SMILES string of the molecule is Cc1cccc(-c2nc3ccc(F)cc3n2C(C)C)c1NC(=O)C1Cc2ccccc2S1. The summed E-state index contributed by atoms with van der Waals surface area (Å²) in [6.45, 7) is 6.09. The summed E-state index contributed by atoms with van der Waals surface area (Å²) in [4.78, 5) is 19.2. The zero-order chi connectivity index (χ0) is 22.4. The van der Waals surface area contributed by atoms with Crippen LogP contribution in [0.2, 0.25) is 0 Å². The lowest BCUT2D eigenvalue weighted by Gasteiger charge is -2.18. The Morgan fingerprint density at radius 2 is 1.97 bits per heavy atom. The molecule has 1 atom stereocenters. The molecule has 0 radical (unpaired) electrons. The van der Waals surface area contributed by atoms with Crippen molar-refractivity contribution in [1.82, 2.24) is 9.55 Å². The highest BCUT2D eigenvalue weighted by molar-refractivity contribution is 8.01. The predicted molar refractivity (Wildman–Crippen MR) is 129 cm³/mol. The molecule has 1 aliphatic rings. The second-order valence-corrected chi connectivity index (χ2v) is 9.68. The van der Waals surface area contributed by atoms with Crippen molar-refractivity contribution >= 4 is 34.4 Å². The number of imidazole rings is 1. The number of hydrogen-bond donors (Lipinski definition) is 1. The fraction of sp³-hybridized carbons (Fsp3) is 0.231. The van der Waals surface area contributed by atoms with Crippen molar-refractivity contribution in [2.45, 2.75) is 43.4 Å². The van der Waals surface area contributed by atoms with Crippen molar-refractivity contribution in [3.63, 3.8) is 0 Å². The van der Waals surface area contributed by atoms with Gasteiger partial charge in [0.15, 0.2) is 0 Å². The summed E-state index contributed by atoms with van der Waals surface area (Å²) in [7, 11) is 0. The number of amides is 1. The summed E-state index contributed by atoms with van der Waals surface area (Å²) in [5, 5.41) is 3.02. The van der Waals surface area contributed by atoms with E-state index in [1.165, 1.54) is 22.6 Å². The summed E-state index contributed by atoms with van der Waals surface area (Å²) in [6.07, 6.45) is 0.720. The van der Waals surface area contributed by atoms with Crippen LogP contribution in [0.5, 0.6) is 0 Å². The van der Waals surface area contributed by atoms with Crippen molar-refractivity contribution in [3.8, 4) is 11.4 Å². The topological polar surface area (TPSA) is 46.9 Å². The van der Waals surface area contributed by atoms with Crippen LogP contribution in [0.25, 0.3) is 22.4 Å². The number of rotatable bonds is 4. The van der Waals surface area contributed by atoms with E-state index in [-0.39, 0.29) is 23.0 Å². The van der Waals surface area contributed by atoms with Gasteiger partial charge in [0.2, 0.25) is 5.91 Å². The maximum Gasteiger partial charge on any atom is 0.238 e. The molecule has 4 aromatic rings. The van der Waals surface area contributed by atoms with Crippen LogP contribution < -0.4 is 5.32 Å². The first-order valence-corrected chi connectivity index (χ1v) is 11.6. The molecule has 3 aromatic carbocycles. The molecule has 0 spiro atoms. The Balaban J connectivity index is 1.55. The van der Waals surface area contributed by atoms with Gasteiger partial charge >= 0.3 is 0 Å². The number of aryl methyl sites for hydroxylation is 1. The Labute approximate surface area is 190 Å². The smallest absolute Gasteiger partial charge is 0.238 e. The van der Waals surface area contributed by atoms with Crippen LogP contribution in [0.3, 0.4) is 0 Å². The second-order valence-electron chi connectivity index (χ2n) is 8.44. The summed E-state index contributed by atoms with van der Waals surface area (Å²) in [5.41, 5.74) is 5.25. The molecule has 0 saturated carbocycles. The Kier molecular flexibility index (Phi) is 5.25. The van der Waals surface area contributed by atoms with E-state index in [1.807, 2.05) is 41.8 Å². The molecule has 5 rings (SSSR count). The van der Waals surface area contributed by atoms with E-state index in [2.05, 4.69) is 31.3 Å². The van der Waals surface area contributed by atoms with Crippen LogP contribution >= 0.6 is 11.8 Å². The molecule has 6 heteroatoms. The number of aromatic nitrogens is 2. The third kappa shape index (κ3) is 3.58. The lowest BCUT2D eigenvalue weighted by molar-refractivity contribution is -0.115. The van der Waals surface area contributed by atoms with Crippen molar-refractivity contribution in [3.05, 3.63) is 77.6 Å². The van der Waals surface area contributed by atoms with E-state index in [0.29, 0.717) is 0 Å². The first-order valence-electron chi connectivity index (χ1n) is 10.8. The van der Waals surface area contributed by atoms with Crippen molar-refractivity contribution in [2.75, 3.05) is 5.32 Å². The first kappa shape index (κ1) is 20.8. The number of fused-ring (bicyclic) bond motifs is 2. The Hall–Kier alpha value is -3.12. The minimum Gasteiger partial charge on any atom is -0.324 e. The summed E-state index contributed by atoms with van der Waals surface area (Å²) < 4.78 is 16.0. The number of para-hydroxylation sites is 1. The molecule has 1 amide bonds. The van der Waals surface area contributed by atoms with Crippen LogP contribution in [0, 0.1) is 12.7 Å². The molecular formula is C26H24FN3OS. The molecule has 1 aromatic heterocycles. The number of hydrogen-bond acceptors (Lipinski definition) is 3. The van der Waals surface area contributed by atoms with Crippen molar-refractivity contribution in [1.29, 1.82) is 0 Å². The Bertz CT molecular complexity index is 1320. The number of carbonyl (C=O) groups excluding carboxylic acids is 1. The van der Waals surface area contributed by atoms with Crippen LogP contribution in [0.4, 0.5) is 10.1 Å². The average molecular weight is 446 g/mol. The predicted octanol–water partition coefficient (Wildman–Crippen LogP) is 6.39. The lowest BCUT2D eigenvalue weighted by Crippen LogP contribution is -2.25. The number of carbonyl (C=O) groups is 1. The number of thioether (sulfide) groups is 1. The van der Waals surface area contributed by atoms with E-state index in [0.717, 1.165) is 40.1 Å². The summed E-state index contributed by atoms with van der Waals surface area (Å²) >= 11 is 1.61. The third-order valence-corrected chi connectivity index (χ3v) is 7.19. The number of halogens is 1. The van der Waals surface area contributed by atoms with Crippen LogP contribution in [-0.2, 0) is 11.2 Å². The second kappa shape index (κ2) is 8.10. The van der Waals surface area contributed by atoms with Gasteiger partial charge in [-0.25, -0.2) is 9.37 Å². The summed E-state index contributed by atoms with van der Waals surface area (Å²) in [5.74, 6) is 0.420. The quantitative estimate of drug-likeness (QED) is 0.396. The molecule has 1 unspecified atom stereocenters. The molecule has 0 bridgehead atoms. The minimum absolute atomic E-state index is 0.0139.